The van der Waals surface area contributed by atoms with Crippen molar-refractivity contribution in [1.82, 2.24) is 15.0 Å². The molecule has 2 aromatic rings. The first kappa shape index (κ1) is 16.6. The van der Waals surface area contributed by atoms with Gasteiger partial charge in [-0.05, 0) is 50.2 Å². The van der Waals surface area contributed by atoms with Crippen LogP contribution < -0.4 is 0 Å². The quantitative estimate of drug-likeness (QED) is 0.840. The van der Waals surface area contributed by atoms with Crippen LogP contribution in [0.2, 0.25) is 0 Å². The molecule has 3 heterocycles. The summed E-state index contributed by atoms with van der Waals surface area (Å²) in [5.41, 5.74) is 0. The van der Waals surface area contributed by atoms with Crippen LogP contribution in [-0.4, -0.2) is 45.4 Å². The van der Waals surface area contributed by atoms with Crippen molar-refractivity contribution in [3.05, 3.63) is 23.4 Å². The molecular formula is C17H25N3O2S. The topological polar surface area (TPSA) is 62.4 Å². The van der Waals surface area contributed by atoms with E-state index in [1.54, 1.807) is 11.3 Å². The second-order valence-electron chi connectivity index (χ2n) is 6.17. The molecule has 0 aromatic carbocycles. The first-order valence-electron chi connectivity index (χ1n) is 8.56. The molecule has 2 unspecified atom stereocenters. The second-order valence-corrected chi connectivity index (χ2v) is 7.11. The molecule has 1 aliphatic rings. The molecule has 0 radical (unpaired) electrons. The van der Waals surface area contributed by atoms with Gasteiger partial charge in [0.25, 0.3) is 0 Å². The Kier molecular flexibility index (Phi) is 5.80. The summed E-state index contributed by atoms with van der Waals surface area (Å²) in [6.45, 7) is 4.13. The van der Waals surface area contributed by atoms with Crippen molar-refractivity contribution < 1.29 is 9.63 Å². The lowest BCUT2D eigenvalue weighted by Gasteiger charge is -2.38. The molecule has 1 fully saturated rings. The van der Waals surface area contributed by atoms with Crippen LogP contribution in [0.3, 0.4) is 0 Å². The lowest BCUT2D eigenvalue weighted by atomic mass is 9.95. The summed E-state index contributed by atoms with van der Waals surface area (Å²) in [5, 5.41) is 16.3. The molecule has 5 nitrogen and oxygen atoms in total. The normalized spacial score (nSPS) is 20.7. The zero-order valence-corrected chi connectivity index (χ0v) is 14.5. The largest absolute Gasteiger partial charge is 0.392 e. The highest BCUT2D eigenvalue weighted by Gasteiger charge is 2.27. The van der Waals surface area contributed by atoms with Crippen LogP contribution in [0.4, 0.5) is 0 Å². The van der Waals surface area contributed by atoms with Crippen LogP contribution in [-0.2, 0) is 6.42 Å². The summed E-state index contributed by atoms with van der Waals surface area (Å²) < 4.78 is 5.35. The summed E-state index contributed by atoms with van der Waals surface area (Å²) in [5.74, 6) is 1.39. The zero-order valence-electron chi connectivity index (χ0n) is 13.6. The Labute approximate surface area is 141 Å². The van der Waals surface area contributed by atoms with Crippen LogP contribution in [0.15, 0.2) is 22.0 Å². The number of aromatic nitrogens is 2. The highest BCUT2D eigenvalue weighted by Crippen LogP contribution is 2.23. The van der Waals surface area contributed by atoms with Crippen LogP contribution in [0.25, 0.3) is 10.7 Å². The van der Waals surface area contributed by atoms with Crippen LogP contribution in [0, 0.1) is 0 Å². The molecule has 0 saturated carbocycles. The minimum atomic E-state index is -0.205. The highest BCUT2D eigenvalue weighted by molar-refractivity contribution is 7.13. The molecule has 1 N–H and O–H groups in total. The van der Waals surface area contributed by atoms with Crippen LogP contribution >= 0.6 is 11.3 Å². The molecule has 3 rings (SSSR count). The SMILES string of the molecule is CCC(O)C1CCCCN1CCCc1nc(-c2cccs2)no1. The number of rotatable bonds is 7. The van der Waals surface area contributed by atoms with Gasteiger partial charge in [0.2, 0.25) is 11.7 Å². The molecule has 0 amide bonds. The van der Waals surface area contributed by atoms with Crippen molar-refractivity contribution in [2.45, 2.75) is 57.6 Å². The lowest BCUT2D eigenvalue weighted by Crippen LogP contribution is -2.47. The van der Waals surface area contributed by atoms with E-state index in [1.165, 1.54) is 12.8 Å². The Morgan fingerprint density at radius 3 is 3.17 bits per heavy atom. The summed E-state index contributed by atoms with van der Waals surface area (Å²) in [6, 6.07) is 4.31. The Morgan fingerprint density at radius 1 is 1.48 bits per heavy atom. The van der Waals surface area contributed by atoms with Gasteiger partial charge >= 0.3 is 0 Å². The van der Waals surface area contributed by atoms with Crippen LogP contribution in [0.5, 0.6) is 0 Å². The van der Waals surface area contributed by atoms with E-state index in [2.05, 4.69) is 22.0 Å². The number of hydrogen-bond acceptors (Lipinski definition) is 6. The monoisotopic (exact) mass is 335 g/mol. The number of aryl methyl sites for hydroxylation is 1. The fourth-order valence-electron chi connectivity index (χ4n) is 3.30. The molecule has 0 spiro atoms. The summed E-state index contributed by atoms with van der Waals surface area (Å²) in [4.78, 5) is 7.95. The third-order valence-corrected chi connectivity index (χ3v) is 5.44. The van der Waals surface area contributed by atoms with Crippen molar-refractivity contribution in [3.63, 3.8) is 0 Å². The molecule has 0 aliphatic carbocycles. The molecule has 2 aromatic heterocycles. The summed E-state index contributed by atoms with van der Waals surface area (Å²) in [7, 11) is 0. The third-order valence-electron chi connectivity index (χ3n) is 4.57. The lowest BCUT2D eigenvalue weighted by molar-refractivity contribution is 0.0233. The van der Waals surface area contributed by atoms with Gasteiger partial charge in [0.05, 0.1) is 11.0 Å². The number of nitrogens with zero attached hydrogens (tertiary/aromatic N) is 3. The van der Waals surface area contributed by atoms with Crippen molar-refractivity contribution in [1.29, 1.82) is 0 Å². The van der Waals surface area contributed by atoms with Gasteiger partial charge in [0.1, 0.15) is 0 Å². The molecular weight excluding hydrogens is 310 g/mol. The zero-order chi connectivity index (χ0) is 16.1. The van der Waals surface area contributed by atoms with Gasteiger partial charge in [-0.1, -0.05) is 24.6 Å². The first-order chi connectivity index (χ1) is 11.3. The number of hydrogen-bond donors (Lipinski definition) is 1. The number of piperidine rings is 1. The van der Waals surface area contributed by atoms with E-state index in [0.29, 0.717) is 17.8 Å². The minimum absolute atomic E-state index is 0.205. The summed E-state index contributed by atoms with van der Waals surface area (Å²) in [6.07, 6.45) is 5.97. The second kappa shape index (κ2) is 8.04. The molecule has 2 atom stereocenters. The Bertz CT molecular complexity index is 584. The van der Waals surface area contributed by atoms with E-state index in [-0.39, 0.29) is 6.10 Å². The van der Waals surface area contributed by atoms with E-state index in [1.807, 2.05) is 17.5 Å². The smallest absolute Gasteiger partial charge is 0.227 e. The van der Waals surface area contributed by atoms with Crippen molar-refractivity contribution in [2.24, 2.45) is 0 Å². The molecule has 0 bridgehead atoms. The van der Waals surface area contributed by atoms with Gasteiger partial charge in [-0.3, -0.25) is 4.90 Å². The van der Waals surface area contributed by atoms with Crippen molar-refractivity contribution >= 4 is 11.3 Å². The van der Waals surface area contributed by atoms with E-state index in [0.717, 1.165) is 43.6 Å². The standard InChI is InChI=1S/C17H25N3O2S/c1-2-14(21)13-7-3-4-10-20(13)11-5-9-16-18-17(19-22-16)15-8-6-12-23-15/h6,8,12-14,21H,2-5,7,9-11H2,1H3. The minimum Gasteiger partial charge on any atom is -0.392 e. The van der Waals surface area contributed by atoms with Gasteiger partial charge in [-0.15, -0.1) is 11.3 Å². The number of likely N-dealkylation sites (tertiary alicyclic amines) is 1. The van der Waals surface area contributed by atoms with Crippen molar-refractivity contribution in [2.75, 3.05) is 13.1 Å². The highest BCUT2D eigenvalue weighted by atomic mass is 32.1. The Morgan fingerprint density at radius 2 is 2.39 bits per heavy atom. The van der Waals surface area contributed by atoms with E-state index < -0.39 is 0 Å². The molecule has 23 heavy (non-hydrogen) atoms. The predicted molar refractivity (Wildman–Crippen MR) is 91.4 cm³/mol. The summed E-state index contributed by atoms with van der Waals surface area (Å²) >= 11 is 1.62. The fraction of sp³-hybridized carbons (Fsp3) is 0.647. The third kappa shape index (κ3) is 4.19. The maximum Gasteiger partial charge on any atom is 0.227 e. The van der Waals surface area contributed by atoms with Gasteiger partial charge in [-0.25, -0.2) is 0 Å². The molecule has 1 saturated heterocycles. The molecule has 1 aliphatic heterocycles. The van der Waals surface area contributed by atoms with Gasteiger partial charge in [-0.2, -0.15) is 4.98 Å². The molecule has 126 valence electrons. The first-order valence-corrected chi connectivity index (χ1v) is 9.44. The maximum atomic E-state index is 10.2. The molecule has 6 heteroatoms. The van der Waals surface area contributed by atoms with Gasteiger partial charge in [0.15, 0.2) is 0 Å². The average molecular weight is 335 g/mol. The average Bonchev–Trinajstić information content (AvgIpc) is 3.26. The van der Waals surface area contributed by atoms with Gasteiger partial charge < -0.3 is 9.63 Å². The van der Waals surface area contributed by atoms with Crippen LogP contribution in [0.1, 0.15) is 44.9 Å². The van der Waals surface area contributed by atoms with E-state index in [9.17, 15) is 5.11 Å². The fourth-order valence-corrected chi connectivity index (χ4v) is 3.95. The van der Waals surface area contributed by atoms with E-state index in [4.69, 9.17) is 4.52 Å². The predicted octanol–water partition coefficient (Wildman–Crippen LogP) is 3.36. The number of thiophene rings is 1. The Balaban J connectivity index is 1.50. The van der Waals surface area contributed by atoms with Crippen molar-refractivity contribution in [3.8, 4) is 10.7 Å². The van der Waals surface area contributed by atoms with E-state index >= 15 is 0 Å². The maximum absolute atomic E-state index is 10.2. The number of aliphatic hydroxyl groups is 1. The Hall–Kier alpha value is -1.24. The number of aliphatic hydroxyl groups excluding tert-OH is 1. The van der Waals surface area contributed by atoms with Gasteiger partial charge in [0, 0.05) is 12.5 Å².